The number of nitrogens with zero attached hydrogens (tertiary/aromatic N) is 1. The quantitative estimate of drug-likeness (QED) is 0.764. The third-order valence-corrected chi connectivity index (χ3v) is 2.50. The lowest BCUT2D eigenvalue weighted by Crippen LogP contribution is -2.35. The summed E-state index contributed by atoms with van der Waals surface area (Å²) in [5.41, 5.74) is 8.18. The highest BCUT2D eigenvalue weighted by molar-refractivity contribution is 5.52. The van der Waals surface area contributed by atoms with Crippen LogP contribution < -0.4 is 10.6 Å². The zero-order chi connectivity index (χ0) is 9.84. The number of benzene rings is 1. The minimum Gasteiger partial charge on any atom is -0.370 e. The minimum atomic E-state index is 0.390. The summed E-state index contributed by atoms with van der Waals surface area (Å²) in [4.78, 5) is 2.22. The van der Waals surface area contributed by atoms with E-state index in [0.29, 0.717) is 12.6 Å². The standard InChI is InChI=1S/C11H18N2/c1-9-6-4-5-7-11(9)13(3)10(2)8-12/h4-7,10H,8,12H2,1-3H3. The highest BCUT2D eigenvalue weighted by Gasteiger charge is 2.08. The molecule has 2 heteroatoms. The number of hydrogen-bond acceptors (Lipinski definition) is 2. The van der Waals surface area contributed by atoms with E-state index in [1.54, 1.807) is 0 Å². The molecular weight excluding hydrogens is 160 g/mol. The highest BCUT2D eigenvalue weighted by atomic mass is 15.1. The predicted octanol–water partition coefficient (Wildman–Crippen LogP) is 1.78. The van der Waals surface area contributed by atoms with Crippen molar-refractivity contribution >= 4 is 5.69 Å². The fourth-order valence-corrected chi connectivity index (χ4v) is 1.35. The highest BCUT2D eigenvalue weighted by Crippen LogP contribution is 2.19. The van der Waals surface area contributed by atoms with Gasteiger partial charge in [0.1, 0.15) is 0 Å². The lowest BCUT2D eigenvalue weighted by molar-refractivity contribution is 0.694. The molecule has 0 bridgehead atoms. The summed E-state index contributed by atoms with van der Waals surface area (Å²) in [6, 6.07) is 8.75. The maximum absolute atomic E-state index is 5.62. The first-order valence-corrected chi connectivity index (χ1v) is 4.65. The molecule has 2 N–H and O–H groups in total. The smallest absolute Gasteiger partial charge is 0.0396 e. The topological polar surface area (TPSA) is 29.3 Å². The molecule has 2 nitrogen and oxygen atoms in total. The van der Waals surface area contributed by atoms with E-state index in [4.69, 9.17) is 5.73 Å². The Morgan fingerprint density at radius 2 is 2.00 bits per heavy atom. The van der Waals surface area contributed by atoms with Gasteiger partial charge in [0.25, 0.3) is 0 Å². The first-order valence-electron chi connectivity index (χ1n) is 4.65. The summed E-state index contributed by atoms with van der Waals surface area (Å²) in [7, 11) is 2.08. The van der Waals surface area contributed by atoms with Gasteiger partial charge >= 0.3 is 0 Å². The largest absolute Gasteiger partial charge is 0.370 e. The summed E-state index contributed by atoms with van der Waals surface area (Å²) in [5.74, 6) is 0. The van der Waals surface area contributed by atoms with Gasteiger partial charge in [0, 0.05) is 25.3 Å². The van der Waals surface area contributed by atoms with Gasteiger partial charge in [0.15, 0.2) is 0 Å². The first-order chi connectivity index (χ1) is 6.16. The molecule has 0 saturated heterocycles. The Hall–Kier alpha value is -1.02. The molecule has 13 heavy (non-hydrogen) atoms. The molecule has 72 valence electrons. The van der Waals surface area contributed by atoms with Crippen LogP contribution in [0.1, 0.15) is 12.5 Å². The molecule has 0 aliphatic rings. The zero-order valence-corrected chi connectivity index (χ0v) is 8.62. The van der Waals surface area contributed by atoms with Gasteiger partial charge in [-0.1, -0.05) is 18.2 Å². The Kier molecular flexibility index (Phi) is 3.32. The van der Waals surface area contributed by atoms with E-state index in [-0.39, 0.29) is 0 Å². The fraction of sp³-hybridized carbons (Fsp3) is 0.455. The Labute approximate surface area is 80.4 Å². The number of likely N-dealkylation sites (N-methyl/N-ethyl adjacent to an activating group) is 1. The number of nitrogens with two attached hydrogens (primary N) is 1. The van der Waals surface area contributed by atoms with E-state index in [9.17, 15) is 0 Å². The van der Waals surface area contributed by atoms with Crippen LogP contribution in [0.3, 0.4) is 0 Å². The normalized spacial score (nSPS) is 12.6. The molecule has 1 atom stereocenters. The third kappa shape index (κ3) is 2.22. The molecule has 0 aliphatic carbocycles. The van der Waals surface area contributed by atoms with Crippen LogP contribution in [0.2, 0.25) is 0 Å². The molecule has 0 heterocycles. The van der Waals surface area contributed by atoms with Crippen molar-refractivity contribution in [2.24, 2.45) is 5.73 Å². The number of rotatable bonds is 3. The predicted molar refractivity (Wildman–Crippen MR) is 58.1 cm³/mol. The summed E-state index contributed by atoms with van der Waals surface area (Å²) < 4.78 is 0. The van der Waals surface area contributed by atoms with Crippen LogP contribution in [-0.2, 0) is 0 Å². The SMILES string of the molecule is Cc1ccccc1N(C)C(C)CN. The Balaban J connectivity index is 2.88. The van der Waals surface area contributed by atoms with E-state index < -0.39 is 0 Å². The summed E-state index contributed by atoms with van der Waals surface area (Å²) >= 11 is 0. The van der Waals surface area contributed by atoms with Gasteiger partial charge in [-0.05, 0) is 25.5 Å². The average Bonchev–Trinajstić information content (AvgIpc) is 2.16. The second kappa shape index (κ2) is 4.28. The summed E-state index contributed by atoms with van der Waals surface area (Å²) in [5, 5.41) is 0. The van der Waals surface area contributed by atoms with Crippen LogP contribution in [0, 0.1) is 6.92 Å². The van der Waals surface area contributed by atoms with Gasteiger partial charge in [-0.2, -0.15) is 0 Å². The summed E-state index contributed by atoms with van der Waals surface area (Å²) in [6.07, 6.45) is 0. The maximum atomic E-state index is 5.62. The number of para-hydroxylation sites is 1. The van der Waals surface area contributed by atoms with Crippen LogP contribution in [0.5, 0.6) is 0 Å². The molecule has 1 aromatic rings. The van der Waals surface area contributed by atoms with Crippen molar-refractivity contribution in [3.8, 4) is 0 Å². The maximum Gasteiger partial charge on any atom is 0.0396 e. The lowest BCUT2D eigenvalue weighted by atomic mass is 10.1. The van der Waals surface area contributed by atoms with Crippen molar-refractivity contribution in [3.05, 3.63) is 29.8 Å². The molecule has 0 aromatic heterocycles. The Morgan fingerprint density at radius 3 is 2.54 bits per heavy atom. The van der Waals surface area contributed by atoms with Gasteiger partial charge in [-0.3, -0.25) is 0 Å². The third-order valence-electron chi connectivity index (χ3n) is 2.50. The molecule has 1 rings (SSSR count). The molecule has 0 saturated carbocycles. The van der Waals surface area contributed by atoms with Crippen molar-refractivity contribution < 1.29 is 0 Å². The van der Waals surface area contributed by atoms with Crippen LogP contribution >= 0.6 is 0 Å². The minimum absolute atomic E-state index is 0.390. The second-order valence-corrected chi connectivity index (χ2v) is 3.48. The fourth-order valence-electron chi connectivity index (χ4n) is 1.35. The molecule has 0 spiro atoms. The van der Waals surface area contributed by atoms with E-state index in [1.165, 1.54) is 11.3 Å². The van der Waals surface area contributed by atoms with Gasteiger partial charge in [0.2, 0.25) is 0 Å². The molecule has 0 fully saturated rings. The Morgan fingerprint density at radius 1 is 1.38 bits per heavy atom. The van der Waals surface area contributed by atoms with E-state index in [1.807, 2.05) is 0 Å². The van der Waals surface area contributed by atoms with Crippen LogP contribution in [-0.4, -0.2) is 19.6 Å². The molecule has 1 unspecified atom stereocenters. The van der Waals surface area contributed by atoms with Crippen molar-refractivity contribution in [1.29, 1.82) is 0 Å². The van der Waals surface area contributed by atoms with Crippen molar-refractivity contribution in [3.63, 3.8) is 0 Å². The molecule has 0 aliphatic heterocycles. The molecule has 0 radical (unpaired) electrons. The lowest BCUT2D eigenvalue weighted by Gasteiger charge is -2.27. The molecule has 0 amide bonds. The van der Waals surface area contributed by atoms with Gasteiger partial charge < -0.3 is 10.6 Å². The van der Waals surface area contributed by atoms with Gasteiger partial charge in [-0.25, -0.2) is 0 Å². The zero-order valence-electron chi connectivity index (χ0n) is 8.62. The van der Waals surface area contributed by atoms with Crippen molar-refractivity contribution in [2.45, 2.75) is 19.9 Å². The van der Waals surface area contributed by atoms with Crippen molar-refractivity contribution in [2.75, 3.05) is 18.5 Å². The van der Waals surface area contributed by atoms with Crippen LogP contribution in [0.15, 0.2) is 24.3 Å². The molecular formula is C11H18N2. The number of aryl methyl sites for hydroxylation is 1. The van der Waals surface area contributed by atoms with Gasteiger partial charge in [-0.15, -0.1) is 0 Å². The first kappa shape index (κ1) is 10.1. The average molecular weight is 178 g/mol. The van der Waals surface area contributed by atoms with E-state index in [0.717, 1.165) is 0 Å². The van der Waals surface area contributed by atoms with Crippen molar-refractivity contribution in [1.82, 2.24) is 0 Å². The van der Waals surface area contributed by atoms with E-state index >= 15 is 0 Å². The van der Waals surface area contributed by atoms with Crippen LogP contribution in [0.25, 0.3) is 0 Å². The molecule has 1 aromatic carbocycles. The monoisotopic (exact) mass is 178 g/mol. The summed E-state index contributed by atoms with van der Waals surface area (Å²) in [6.45, 7) is 4.94. The number of hydrogen-bond donors (Lipinski definition) is 1. The van der Waals surface area contributed by atoms with Crippen LogP contribution in [0.4, 0.5) is 5.69 Å². The van der Waals surface area contributed by atoms with E-state index in [2.05, 4.69) is 50.1 Å². The Bertz CT molecular complexity index is 271. The van der Waals surface area contributed by atoms with Gasteiger partial charge in [0.05, 0.1) is 0 Å². The number of anilines is 1. The second-order valence-electron chi connectivity index (χ2n) is 3.48.